The predicted molar refractivity (Wildman–Crippen MR) is 104 cm³/mol. The Kier molecular flexibility index (Phi) is 4.32. The predicted octanol–water partition coefficient (Wildman–Crippen LogP) is 3.59. The van der Waals surface area contributed by atoms with Gasteiger partial charge in [-0.25, -0.2) is 4.98 Å². The second kappa shape index (κ2) is 6.62. The summed E-state index contributed by atoms with van der Waals surface area (Å²) in [6.45, 7) is 9.91. The maximum absolute atomic E-state index is 4.78. The summed E-state index contributed by atoms with van der Waals surface area (Å²) in [5.41, 5.74) is 7.28. The van der Waals surface area contributed by atoms with Crippen molar-refractivity contribution in [1.29, 1.82) is 0 Å². The van der Waals surface area contributed by atoms with Crippen molar-refractivity contribution in [1.82, 2.24) is 19.8 Å². The Balaban J connectivity index is 1.57. The Morgan fingerprint density at radius 2 is 1.76 bits per heavy atom. The number of fused-ring (bicyclic) bond motifs is 1. The molecule has 1 aliphatic heterocycles. The lowest BCUT2D eigenvalue weighted by Gasteiger charge is -2.32. The van der Waals surface area contributed by atoms with Crippen LogP contribution < -0.4 is 0 Å². The molecule has 0 saturated carbocycles. The Morgan fingerprint density at radius 3 is 2.52 bits per heavy atom. The molecule has 0 aliphatic carbocycles. The molecule has 0 bridgehead atoms. The number of likely N-dealkylation sites (N-methyl/N-ethyl adjacent to an activating group) is 1. The summed E-state index contributed by atoms with van der Waals surface area (Å²) in [5.74, 6) is 0.954. The van der Waals surface area contributed by atoms with Crippen molar-refractivity contribution in [3.05, 3.63) is 53.1 Å². The number of hydrogen-bond acceptors (Lipinski definition) is 3. The molecule has 1 saturated heterocycles. The first kappa shape index (κ1) is 16.3. The summed E-state index contributed by atoms with van der Waals surface area (Å²) in [4.78, 5) is 13.2. The number of aromatic amines is 1. The molecule has 0 radical (unpaired) electrons. The van der Waals surface area contributed by atoms with E-state index in [1.54, 1.807) is 0 Å². The molecule has 0 spiro atoms. The lowest BCUT2D eigenvalue weighted by Crippen LogP contribution is -2.43. The monoisotopic (exact) mass is 334 g/mol. The number of benzene rings is 2. The topological polar surface area (TPSA) is 35.2 Å². The molecule has 1 aliphatic rings. The smallest absolute Gasteiger partial charge is 0.138 e. The van der Waals surface area contributed by atoms with Gasteiger partial charge in [0, 0.05) is 38.3 Å². The van der Waals surface area contributed by atoms with E-state index in [2.05, 4.69) is 72.1 Å². The van der Waals surface area contributed by atoms with E-state index in [1.807, 2.05) is 0 Å². The van der Waals surface area contributed by atoms with Crippen LogP contribution in [0.5, 0.6) is 0 Å². The summed E-state index contributed by atoms with van der Waals surface area (Å²) in [5, 5.41) is 0. The number of H-pyrrole nitrogens is 1. The molecular formula is C21H26N4. The van der Waals surface area contributed by atoms with Crippen LogP contribution in [0.4, 0.5) is 0 Å². The fourth-order valence-corrected chi connectivity index (χ4v) is 3.44. The van der Waals surface area contributed by atoms with Gasteiger partial charge in [-0.15, -0.1) is 0 Å². The Labute approximate surface area is 149 Å². The van der Waals surface area contributed by atoms with Gasteiger partial charge in [0.05, 0.1) is 11.0 Å². The molecule has 0 atom stereocenters. The van der Waals surface area contributed by atoms with Crippen molar-refractivity contribution in [2.24, 2.45) is 0 Å². The number of piperazine rings is 1. The highest BCUT2D eigenvalue weighted by Gasteiger charge is 2.14. The third-order valence-electron chi connectivity index (χ3n) is 5.33. The summed E-state index contributed by atoms with van der Waals surface area (Å²) < 4.78 is 0. The van der Waals surface area contributed by atoms with Crippen LogP contribution in [0.15, 0.2) is 36.4 Å². The molecule has 0 amide bonds. The highest BCUT2D eigenvalue weighted by Crippen LogP contribution is 2.23. The van der Waals surface area contributed by atoms with Crippen LogP contribution in [0.3, 0.4) is 0 Å². The summed E-state index contributed by atoms with van der Waals surface area (Å²) in [6, 6.07) is 13.1. The van der Waals surface area contributed by atoms with Gasteiger partial charge in [-0.3, -0.25) is 4.90 Å². The van der Waals surface area contributed by atoms with Gasteiger partial charge in [0.25, 0.3) is 0 Å². The molecule has 2 aromatic carbocycles. The van der Waals surface area contributed by atoms with E-state index in [9.17, 15) is 0 Å². The van der Waals surface area contributed by atoms with Gasteiger partial charge in [-0.05, 0) is 55.8 Å². The molecule has 2 heterocycles. The standard InChI is InChI=1S/C21H26N4/c1-15-4-6-18(12-16(15)2)21-22-19-7-5-17(13-20(19)23-21)14-25-10-8-24(3)9-11-25/h4-7,12-13H,8-11,14H2,1-3H3,(H,22,23). The van der Waals surface area contributed by atoms with Gasteiger partial charge in [-0.1, -0.05) is 18.2 Å². The minimum Gasteiger partial charge on any atom is -0.338 e. The van der Waals surface area contributed by atoms with Crippen molar-refractivity contribution >= 4 is 11.0 Å². The highest BCUT2D eigenvalue weighted by atomic mass is 15.2. The molecule has 1 aromatic heterocycles. The van der Waals surface area contributed by atoms with Crippen molar-refractivity contribution < 1.29 is 0 Å². The van der Waals surface area contributed by atoms with Crippen LogP contribution >= 0.6 is 0 Å². The molecule has 4 heteroatoms. The van der Waals surface area contributed by atoms with E-state index in [-0.39, 0.29) is 0 Å². The molecule has 4 nitrogen and oxygen atoms in total. The zero-order valence-electron chi connectivity index (χ0n) is 15.3. The number of aryl methyl sites for hydroxylation is 2. The van der Waals surface area contributed by atoms with E-state index < -0.39 is 0 Å². The Bertz CT molecular complexity index is 888. The molecule has 130 valence electrons. The fourth-order valence-electron chi connectivity index (χ4n) is 3.44. The second-order valence-corrected chi connectivity index (χ2v) is 7.32. The van der Waals surface area contributed by atoms with Crippen LogP contribution in [0.25, 0.3) is 22.4 Å². The van der Waals surface area contributed by atoms with E-state index in [1.165, 1.54) is 16.7 Å². The highest BCUT2D eigenvalue weighted by molar-refractivity contribution is 5.80. The normalized spacial score (nSPS) is 16.6. The average molecular weight is 334 g/mol. The Morgan fingerprint density at radius 1 is 0.960 bits per heavy atom. The molecule has 1 fully saturated rings. The summed E-state index contributed by atoms with van der Waals surface area (Å²) in [7, 11) is 2.20. The van der Waals surface area contributed by atoms with E-state index in [0.717, 1.165) is 55.1 Å². The van der Waals surface area contributed by atoms with Crippen molar-refractivity contribution in [2.75, 3.05) is 33.2 Å². The van der Waals surface area contributed by atoms with Crippen molar-refractivity contribution in [3.63, 3.8) is 0 Å². The average Bonchev–Trinajstić information content (AvgIpc) is 3.03. The third-order valence-corrected chi connectivity index (χ3v) is 5.33. The largest absolute Gasteiger partial charge is 0.338 e. The second-order valence-electron chi connectivity index (χ2n) is 7.32. The molecule has 0 unspecified atom stereocenters. The van der Waals surface area contributed by atoms with E-state index in [4.69, 9.17) is 4.98 Å². The summed E-state index contributed by atoms with van der Waals surface area (Å²) >= 11 is 0. The molecule has 4 rings (SSSR count). The van der Waals surface area contributed by atoms with Crippen LogP contribution in [-0.4, -0.2) is 53.0 Å². The van der Waals surface area contributed by atoms with Gasteiger partial charge in [0.15, 0.2) is 0 Å². The molecular weight excluding hydrogens is 308 g/mol. The van der Waals surface area contributed by atoms with Crippen LogP contribution in [0, 0.1) is 13.8 Å². The maximum Gasteiger partial charge on any atom is 0.138 e. The molecule has 1 N–H and O–H groups in total. The third kappa shape index (κ3) is 3.46. The molecule has 3 aromatic rings. The lowest BCUT2D eigenvalue weighted by molar-refractivity contribution is 0.148. The van der Waals surface area contributed by atoms with Crippen molar-refractivity contribution in [3.8, 4) is 11.4 Å². The van der Waals surface area contributed by atoms with Gasteiger partial charge in [0.2, 0.25) is 0 Å². The summed E-state index contributed by atoms with van der Waals surface area (Å²) in [6.07, 6.45) is 0. The number of hydrogen-bond donors (Lipinski definition) is 1. The zero-order valence-corrected chi connectivity index (χ0v) is 15.3. The number of nitrogens with zero attached hydrogens (tertiary/aromatic N) is 3. The van der Waals surface area contributed by atoms with E-state index >= 15 is 0 Å². The minimum atomic E-state index is 0.954. The maximum atomic E-state index is 4.78. The number of aromatic nitrogens is 2. The van der Waals surface area contributed by atoms with Gasteiger partial charge in [-0.2, -0.15) is 0 Å². The first-order valence-electron chi connectivity index (χ1n) is 9.06. The van der Waals surface area contributed by atoms with Crippen LogP contribution in [0.2, 0.25) is 0 Å². The number of imidazole rings is 1. The first-order valence-corrected chi connectivity index (χ1v) is 9.06. The van der Waals surface area contributed by atoms with Gasteiger partial charge >= 0.3 is 0 Å². The van der Waals surface area contributed by atoms with Gasteiger partial charge in [0.1, 0.15) is 5.82 Å². The van der Waals surface area contributed by atoms with E-state index in [0.29, 0.717) is 0 Å². The lowest BCUT2D eigenvalue weighted by atomic mass is 10.1. The fraction of sp³-hybridized carbons (Fsp3) is 0.381. The zero-order chi connectivity index (χ0) is 17.4. The van der Waals surface area contributed by atoms with Crippen LogP contribution in [-0.2, 0) is 6.54 Å². The first-order chi connectivity index (χ1) is 12.1. The quantitative estimate of drug-likeness (QED) is 0.795. The van der Waals surface area contributed by atoms with Crippen molar-refractivity contribution in [2.45, 2.75) is 20.4 Å². The van der Waals surface area contributed by atoms with Crippen LogP contribution in [0.1, 0.15) is 16.7 Å². The SMILES string of the molecule is Cc1ccc(-c2nc3ccc(CN4CCN(C)CC4)cc3[nH]2)cc1C. The number of rotatable bonds is 3. The van der Waals surface area contributed by atoms with Gasteiger partial charge < -0.3 is 9.88 Å². The Hall–Kier alpha value is -2.17. The molecule has 25 heavy (non-hydrogen) atoms. The number of nitrogens with one attached hydrogen (secondary N) is 1. The minimum absolute atomic E-state index is 0.954.